The summed E-state index contributed by atoms with van der Waals surface area (Å²) < 4.78 is 35.1. The first-order valence-electron chi connectivity index (χ1n) is 9.67. The van der Waals surface area contributed by atoms with E-state index in [0.29, 0.717) is 29.9 Å². The SMILES string of the molecule is Nc1ncc(F)c(-c2cn(C3COC3)c3cnc(C#CC(O)(CF)C4CC4)cc23)n1. The molecule has 1 saturated carbocycles. The first-order valence-corrected chi connectivity index (χ1v) is 9.67. The Hall–Kier alpha value is -3.09. The van der Waals surface area contributed by atoms with Crippen LogP contribution >= 0.6 is 0 Å². The van der Waals surface area contributed by atoms with Crippen LogP contribution in [0.15, 0.2) is 24.7 Å². The summed E-state index contributed by atoms with van der Waals surface area (Å²) in [5, 5.41) is 11.0. The van der Waals surface area contributed by atoms with Gasteiger partial charge in [0.25, 0.3) is 0 Å². The first kappa shape index (κ1) is 18.9. The molecule has 2 aliphatic rings. The Morgan fingerprint density at radius 1 is 1.30 bits per heavy atom. The predicted octanol–water partition coefficient (Wildman–Crippen LogP) is 2.25. The Kier molecular flexibility index (Phi) is 4.41. The van der Waals surface area contributed by atoms with Crippen LogP contribution in [0.5, 0.6) is 0 Å². The Morgan fingerprint density at radius 3 is 2.77 bits per heavy atom. The van der Waals surface area contributed by atoms with Crippen molar-refractivity contribution in [1.82, 2.24) is 19.5 Å². The van der Waals surface area contributed by atoms with Gasteiger partial charge in [0.1, 0.15) is 18.1 Å². The quantitative estimate of drug-likeness (QED) is 0.639. The van der Waals surface area contributed by atoms with Gasteiger partial charge in [-0.2, -0.15) is 0 Å². The van der Waals surface area contributed by atoms with Crippen molar-refractivity contribution in [2.24, 2.45) is 5.92 Å². The first-order chi connectivity index (χ1) is 14.5. The third kappa shape index (κ3) is 3.18. The van der Waals surface area contributed by atoms with Crippen LogP contribution in [0.3, 0.4) is 0 Å². The van der Waals surface area contributed by atoms with E-state index in [2.05, 4.69) is 26.8 Å². The number of anilines is 1. The highest BCUT2D eigenvalue weighted by atomic mass is 19.1. The van der Waals surface area contributed by atoms with E-state index in [-0.39, 0.29) is 23.6 Å². The zero-order valence-electron chi connectivity index (χ0n) is 16.0. The summed E-state index contributed by atoms with van der Waals surface area (Å²) in [6, 6.07) is 1.80. The maximum Gasteiger partial charge on any atom is 0.220 e. The number of ether oxygens (including phenoxy) is 1. The number of rotatable bonds is 4. The maximum absolute atomic E-state index is 14.5. The molecule has 3 N–H and O–H groups in total. The third-order valence-electron chi connectivity index (χ3n) is 5.61. The van der Waals surface area contributed by atoms with Gasteiger partial charge in [-0.05, 0) is 24.8 Å². The van der Waals surface area contributed by atoms with Gasteiger partial charge in [0, 0.05) is 23.1 Å². The van der Waals surface area contributed by atoms with Crippen LogP contribution in [-0.4, -0.2) is 50.1 Å². The molecule has 1 saturated heterocycles. The predicted molar refractivity (Wildman–Crippen MR) is 106 cm³/mol. The molecule has 2 fully saturated rings. The molecular formula is C21H19F2N5O2. The van der Waals surface area contributed by atoms with Crippen molar-refractivity contribution < 1.29 is 18.6 Å². The number of pyridine rings is 1. The van der Waals surface area contributed by atoms with E-state index in [1.807, 2.05) is 4.57 Å². The van der Waals surface area contributed by atoms with Crippen molar-refractivity contribution in [3.8, 4) is 23.1 Å². The number of halogens is 2. The highest BCUT2D eigenvalue weighted by Gasteiger charge is 2.43. The van der Waals surface area contributed by atoms with Gasteiger partial charge >= 0.3 is 0 Å². The summed E-state index contributed by atoms with van der Waals surface area (Å²) in [5.74, 6) is 4.64. The Balaban J connectivity index is 1.64. The van der Waals surface area contributed by atoms with Crippen molar-refractivity contribution in [2.75, 3.05) is 25.6 Å². The van der Waals surface area contributed by atoms with Crippen LogP contribution in [0, 0.1) is 23.6 Å². The van der Waals surface area contributed by atoms with E-state index < -0.39 is 18.1 Å². The van der Waals surface area contributed by atoms with Crippen molar-refractivity contribution in [1.29, 1.82) is 0 Å². The fourth-order valence-corrected chi connectivity index (χ4v) is 3.64. The number of aliphatic hydroxyl groups is 1. The van der Waals surface area contributed by atoms with Crippen LogP contribution < -0.4 is 5.73 Å². The van der Waals surface area contributed by atoms with Gasteiger partial charge < -0.3 is 20.1 Å². The number of fused-ring (bicyclic) bond motifs is 1. The van der Waals surface area contributed by atoms with E-state index in [4.69, 9.17) is 10.5 Å². The molecule has 0 aromatic carbocycles. The summed E-state index contributed by atoms with van der Waals surface area (Å²) in [7, 11) is 0. The molecule has 0 radical (unpaired) electrons. The van der Waals surface area contributed by atoms with Crippen LogP contribution in [0.2, 0.25) is 0 Å². The van der Waals surface area contributed by atoms with Crippen LogP contribution in [0.4, 0.5) is 14.7 Å². The average Bonchev–Trinajstić information content (AvgIpc) is 3.51. The molecule has 1 unspecified atom stereocenters. The highest BCUT2D eigenvalue weighted by Crippen LogP contribution is 2.40. The largest absolute Gasteiger partial charge is 0.377 e. The monoisotopic (exact) mass is 411 g/mol. The summed E-state index contributed by atoms with van der Waals surface area (Å²) in [6.07, 6.45) is 5.98. The van der Waals surface area contributed by atoms with Crippen LogP contribution in [-0.2, 0) is 4.74 Å². The molecule has 30 heavy (non-hydrogen) atoms. The molecule has 1 aliphatic carbocycles. The fourth-order valence-electron chi connectivity index (χ4n) is 3.64. The molecule has 5 rings (SSSR count). The Labute approximate surface area is 170 Å². The lowest BCUT2D eigenvalue weighted by molar-refractivity contribution is -0.0213. The molecule has 3 aromatic heterocycles. The molecular weight excluding hydrogens is 392 g/mol. The lowest BCUT2D eigenvalue weighted by Gasteiger charge is -2.28. The zero-order valence-corrected chi connectivity index (χ0v) is 16.0. The number of aromatic nitrogens is 4. The van der Waals surface area contributed by atoms with Crippen molar-refractivity contribution >= 4 is 16.9 Å². The number of hydrogen-bond acceptors (Lipinski definition) is 6. The standard InChI is InChI=1S/C21H19F2N5O2/c22-11-21(29,12-1-2-12)4-3-13-5-15-16(19-17(23)6-26-20(24)27-19)8-28(14-9-30-10-14)18(15)7-25-13/h5-8,12,14,29H,1-2,9-11H2,(H2,24,26,27). The second-order valence-electron chi connectivity index (χ2n) is 7.73. The van der Waals surface area contributed by atoms with E-state index in [1.165, 1.54) is 0 Å². The lowest BCUT2D eigenvalue weighted by Crippen LogP contribution is -2.32. The van der Waals surface area contributed by atoms with Crippen LogP contribution in [0.1, 0.15) is 24.6 Å². The molecule has 1 aliphatic heterocycles. The smallest absolute Gasteiger partial charge is 0.220 e. The van der Waals surface area contributed by atoms with Crippen molar-refractivity contribution in [2.45, 2.75) is 24.5 Å². The maximum atomic E-state index is 14.5. The molecule has 3 aromatic rings. The topological polar surface area (TPSA) is 99.1 Å². The molecule has 4 heterocycles. The second kappa shape index (κ2) is 7.00. The number of nitrogen functional groups attached to an aromatic ring is 1. The molecule has 0 spiro atoms. The van der Waals surface area contributed by atoms with Crippen LogP contribution in [0.25, 0.3) is 22.2 Å². The van der Waals surface area contributed by atoms with Gasteiger partial charge in [0.15, 0.2) is 11.4 Å². The van der Waals surface area contributed by atoms with Gasteiger partial charge in [-0.1, -0.05) is 5.92 Å². The van der Waals surface area contributed by atoms with Gasteiger partial charge in [-0.3, -0.25) is 0 Å². The zero-order chi connectivity index (χ0) is 20.9. The Morgan fingerprint density at radius 2 is 2.10 bits per heavy atom. The molecule has 1 atom stereocenters. The summed E-state index contributed by atoms with van der Waals surface area (Å²) in [4.78, 5) is 12.1. The normalized spacial score (nSPS) is 18.5. The van der Waals surface area contributed by atoms with E-state index in [9.17, 15) is 13.9 Å². The third-order valence-corrected chi connectivity index (χ3v) is 5.61. The number of hydrogen-bond donors (Lipinski definition) is 2. The molecule has 0 amide bonds. The van der Waals surface area contributed by atoms with Gasteiger partial charge in [0.05, 0.1) is 37.2 Å². The number of nitrogens with two attached hydrogens (primary N) is 1. The van der Waals surface area contributed by atoms with E-state index in [1.54, 1.807) is 18.5 Å². The van der Waals surface area contributed by atoms with E-state index in [0.717, 1.165) is 24.6 Å². The molecule has 7 nitrogen and oxygen atoms in total. The van der Waals surface area contributed by atoms with Crippen molar-refractivity contribution in [3.63, 3.8) is 0 Å². The average molecular weight is 411 g/mol. The molecule has 9 heteroatoms. The summed E-state index contributed by atoms with van der Waals surface area (Å²) in [5.41, 5.74) is 5.74. The van der Waals surface area contributed by atoms with E-state index >= 15 is 0 Å². The second-order valence-corrected chi connectivity index (χ2v) is 7.73. The molecule has 0 bridgehead atoms. The Bertz CT molecular complexity index is 1190. The fraction of sp³-hybridized carbons (Fsp3) is 0.381. The minimum Gasteiger partial charge on any atom is -0.377 e. The van der Waals surface area contributed by atoms with Crippen molar-refractivity contribution in [3.05, 3.63) is 36.2 Å². The minimum atomic E-state index is -1.65. The summed E-state index contributed by atoms with van der Waals surface area (Å²) >= 11 is 0. The number of alkyl halides is 1. The lowest BCUT2D eigenvalue weighted by atomic mass is 10.0. The summed E-state index contributed by atoms with van der Waals surface area (Å²) in [6.45, 7) is 0.163. The van der Waals surface area contributed by atoms with Gasteiger partial charge in [-0.15, -0.1) is 0 Å². The van der Waals surface area contributed by atoms with Gasteiger partial charge in [0.2, 0.25) is 5.95 Å². The highest BCUT2D eigenvalue weighted by molar-refractivity contribution is 5.95. The minimum absolute atomic E-state index is 0.0363. The number of nitrogens with zero attached hydrogens (tertiary/aromatic N) is 4. The molecule has 154 valence electrons. The van der Waals surface area contributed by atoms with Gasteiger partial charge in [-0.25, -0.2) is 23.7 Å².